The van der Waals surface area contributed by atoms with E-state index < -0.39 is 47.3 Å². The van der Waals surface area contributed by atoms with Gasteiger partial charge in [-0.2, -0.15) is 13.7 Å². The SMILES string of the molecule is N#CC(N=Nc1c(O)cc(S(=O)(=O)O)c2cc([N+](=O)[O-])ccc12)=NN=C1C=CC(=S(=O)(O)O)C=C1. The molecule has 0 atom stereocenters. The summed E-state index contributed by atoms with van der Waals surface area (Å²) in [5.74, 6) is -1.40. The topological polar surface area (TPSA) is 248 Å². The Hall–Kier alpha value is -4.34. The zero-order valence-electron chi connectivity index (χ0n) is 16.9. The predicted octanol–water partition coefficient (Wildman–Crippen LogP) is 2.59. The number of rotatable bonds is 4. The van der Waals surface area contributed by atoms with Gasteiger partial charge in [-0.1, -0.05) is 0 Å². The van der Waals surface area contributed by atoms with E-state index in [4.69, 9.17) is 9.11 Å². The van der Waals surface area contributed by atoms with Gasteiger partial charge in [0.05, 0.1) is 15.5 Å². The fourth-order valence-corrected chi connectivity index (χ4v) is 3.94. The second kappa shape index (κ2) is 9.49. The van der Waals surface area contributed by atoms with Crippen molar-refractivity contribution in [2.24, 2.45) is 20.4 Å². The molecule has 0 bridgehead atoms. The van der Waals surface area contributed by atoms with Crippen molar-refractivity contribution in [2.75, 3.05) is 0 Å². The number of azo groups is 1. The summed E-state index contributed by atoms with van der Waals surface area (Å²) in [7, 11) is -9.06. The summed E-state index contributed by atoms with van der Waals surface area (Å²) < 4.78 is 62.2. The van der Waals surface area contributed by atoms with Crippen LogP contribution in [0.15, 0.2) is 73.9 Å². The van der Waals surface area contributed by atoms with E-state index in [0.717, 1.165) is 30.4 Å². The minimum absolute atomic E-state index is 0.110. The number of hydrogen-bond acceptors (Lipinski definition) is 10. The molecule has 0 fully saturated rings. The van der Waals surface area contributed by atoms with E-state index >= 15 is 0 Å². The van der Waals surface area contributed by atoms with Crippen molar-refractivity contribution in [1.29, 1.82) is 5.26 Å². The Kier molecular flexibility index (Phi) is 6.86. The molecule has 0 spiro atoms. The molecule has 15 nitrogen and oxygen atoms in total. The number of aromatic hydroxyl groups is 1. The van der Waals surface area contributed by atoms with Crippen LogP contribution in [0.1, 0.15) is 0 Å². The van der Waals surface area contributed by atoms with E-state index in [1.165, 1.54) is 12.2 Å². The highest BCUT2D eigenvalue weighted by molar-refractivity contribution is 7.92. The molecule has 4 N–H and O–H groups in total. The van der Waals surface area contributed by atoms with Crippen LogP contribution < -0.4 is 0 Å². The lowest BCUT2D eigenvalue weighted by Crippen LogP contribution is -2.11. The standard InChI is InChI=1S/C18H12N6O9S2/c19-9-17(21-20-10-1-4-12(5-2-10)34(28,29)30)22-23-18-13-6-3-11(24(26)27)7-14(13)16(8-15(18)25)35(31,32)33/h1-8,25H,(H2,28,29,30)(H,31,32,33). The fourth-order valence-electron chi connectivity index (χ4n) is 2.74. The van der Waals surface area contributed by atoms with Crippen LogP contribution in [0.3, 0.4) is 0 Å². The predicted molar refractivity (Wildman–Crippen MR) is 124 cm³/mol. The lowest BCUT2D eigenvalue weighted by molar-refractivity contribution is -0.384. The Morgan fingerprint density at radius 3 is 2.23 bits per heavy atom. The number of fused-ring (bicyclic) bond motifs is 1. The summed E-state index contributed by atoms with van der Waals surface area (Å²) in [6, 6.07) is 5.12. The number of amidine groups is 1. The number of nitrogens with zero attached hydrogens (tertiary/aromatic N) is 6. The molecule has 0 amide bonds. The Bertz CT molecular complexity index is 1660. The smallest absolute Gasteiger partial charge is 0.295 e. The highest BCUT2D eigenvalue weighted by atomic mass is 32.2. The van der Waals surface area contributed by atoms with Crippen LogP contribution in [0.25, 0.3) is 10.8 Å². The fraction of sp³-hybridized carbons (Fsp3) is 0. The summed E-state index contributed by atoms with van der Waals surface area (Å²) in [5, 5.41) is 44.5. The summed E-state index contributed by atoms with van der Waals surface area (Å²) in [4.78, 5) is 9.18. The van der Waals surface area contributed by atoms with Crippen molar-refractivity contribution in [3.05, 3.63) is 58.7 Å². The maximum atomic E-state index is 11.7. The molecule has 0 aliphatic heterocycles. The first-order chi connectivity index (χ1) is 16.3. The zero-order chi connectivity index (χ0) is 26.0. The quantitative estimate of drug-likeness (QED) is 0.0871. The Morgan fingerprint density at radius 1 is 1.03 bits per heavy atom. The third kappa shape index (κ3) is 5.78. The number of benzene rings is 2. The van der Waals surface area contributed by atoms with Gasteiger partial charge in [-0.25, -0.2) is 4.21 Å². The third-order valence-corrected chi connectivity index (χ3v) is 6.05. The Morgan fingerprint density at radius 2 is 1.69 bits per heavy atom. The van der Waals surface area contributed by atoms with Gasteiger partial charge in [-0.3, -0.25) is 23.8 Å². The Labute approximate surface area is 196 Å². The van der Waals surface area contributed by atoms with E-state index in [9.17, 15) is 37.7 Å². The number of nitro groups is 1. The zero-order valence-corrected chi connectivity index (χ0v) is 18.6. The maximum Gasteiger partial charge on any atom is 0.295 e. The molecule has 0 heterocycles. The molecule has 1 aliphatic rings. The average Bonchev–Trinajstić information content (AvgIpc) is 2.78. The molecule has 2 aromatic rings. The van der Waals surface area contributed by atoms with Gasteiger partial charge in [0, 0.05) is 29.0 Å². The van der Waals surface area contributed by atoms with E-state index in [1.54, 1.807) is 6.07 Å². The monoisotopic (exact) mass is 520 g/mol. The second-order valence-electron chi connectivity index (χ2n) is 6.53. The van der Waals surface area contributed by atoms with Crippen LogP contribution >= 0.6 is 0 Å². The van der Waals surface area contributed by atoms with E-state index in [-0.39, 0.29) is 27.0 Å². The first kappa shape index (κ1) is 25.3. The number of allylic oxidation sites excluding steroid dienone is 4. The van der Waals surface area contributed by atoms with Crippen molar-refractivity contribution in [1.82, 2.24) is 0 Å². The molecule has 0 saturated carbocycles. The van der Waals surface area contributed by atoms with E-state index in [2.05, 4.69) is 20.4 Å². The van der Waals surface area contributed by atoms with Gasteiger partial charge in [0.15, 0.2) is 0 Å². The summed E-state index contributed by atoms with van der Waals surface area (Å²) in [6.07, 6.45) is 4.64. The van der Waals surface area contributed by atoms with Gasteiger partial charge in [0.1, 0.15) is 22.4 Å². The molecule has 1 aliphatic carbocycles. The highest BCUT2D eigenvalue weighted by Crippen LogP contribution is 2.40. The van der Waals surface area contributed by atoms with Gasteiger partial charge in [-0.15, -0.1) is 20.4 Å². The molecule has 0 unspecified atom stereocenters. The van der Waals surface area contributed by atoms with Crippen molar-refractivity contribution in [3.63, 3.8) is 0 Å². The van der Waals surface area contributed by atoms with Crippen LogP contribution in [0.5, 0.6) is 5.75 Å². The van der Waals surface area contributed by atoms with Crippen LogP contribution in [0, 0.1) is 21.4 Å². The van der Waals surface area contributed by atoms with Crippen molar-refractivity contribution < 1.29 is 36.3 Å². The highest BCUT2D eigenvalue weighted by Gasteiger charge is 2.22. The third-order valence-electron chi connectivity index (χ3n) is 4.27. The van der Waals surface area contributed by atoms with Crippen molar-refractivity contribution in [2.45, 2.75) is 4.90 Å². The van der Waals surface area contributed by atoms with Gasteiger partial charge >= 0.3 is 0 Å². The first-order valence-electron chi connectivity index (χ1n) is 8.92. The molecule has 0 aromatic heterocycles. The minimum atomic E-state index is -4.89. The molecular formula is C18H12N6O9S2. The molecule has 0 saturated heterocycles. The van der Waals surface area contributed by atoms with Crippen LogP contribution in [-0.2, 0) is 20.2 Å². The molecule has 180 valence electrons. The van der Waals surface area contributed by atoms with Crippen LogP contribution in [0.2, 0.25) is 0 Å². The van der Waals surface area contributed by atoms with Gasteiger partial charge in [-0.05, 0) is 30.4 Å². The summed E-state index contributed by atoms with van der Waals surface area (Å²) in [6.45, 7) is 0. The van der Waals surface area contributed by atoms with Gasteiger partial charge in [0.2, 0.25) is 10.1 Å². The van der Waals surface area contributed by atoms with Crippen molar-refractivity contribution in [3.8, 4) is 11.8 Å². The summed E-state index contributed by atoms with van der Waals surface area (Å²) >= 11 is 0. The molecule has 2 aromatic carbocycles. The number of hydrogen-bond donors (Lipinski definition) is 4. The first-order valence-corrected chi connectivity index (χ1v) is 11.8. The molecular weight excluding hydrogens is 508 g/mol. The Balaban J connectivity index is 2.06. The van der Waals surface area contributed by atoms with Gasteiger partial charge < -0.3 is 5.11 Å². The number of nitro benzene ring substituents is 1. The molecule has 3 rings (SSSR count). The lowest BCUT2D eigenvalue weighted by atomic mass is 10.1. The second-order valence-corrected chi connectivity index (χ2v) is 9.39. The van der Waals surface area contributed by atoms with E-state index in [1.807, 2.05) is 0 Å². The normalized spacial score (nSPS) is 14.5. The van der Waals surface area contributed by atoms with Crippen LogP contribution in [-0.4, -0.2) is 52.7 Å². The number of nitriles is 1. The molecule has 17 heteroatoms. The summed E-state index contributed by atoms with van der Waals surface area (Å²) in [5.41, 5.74) is -0.771. The van der Waals surface area contributed by atoms with Crippen molar-refractivity contribution >= 4 is 58.8 Å². The molecule has 0 radical (unpaired) electrons. The number of phenolic OH excluding ortho intramolecular Hbond substituents is 1. The minimum Gasteiger partial charge on any atom is -0.506 e. The van der Waals surface area contributed by atoms with Crippen LogP contribution in [0.4, 0.5) is 11.4 Å². The average molecular weight is 520 g/mol. The van der Waals surface area contributed by atoms with E-state index in [0.29, 0.717) is 6.07 Å². The lowest BCUT2D eigenvalue weighted by Gasteiger charge is -2.08. The number of non-ortho nitro benzene ring substituents is 1. The molecule has 35 heavy (non-hydrogen) atoms. The van der Waals surface area contributed by atoms with Gasteiger partial charge in [0.25, 0.3) is 21.6 Å². The number of phenols is 1. The largest absolute Gasteiger partial charge is 0.506 e. The maximum absolute atomic E-state index is 11.7.